The molecule has 0 spiro atoms. The van der Waals surface area contributed by atoms with Crippen molar-refractivity contribution in [1.82, 2.24) is 0 Å². The van der Waals surface area contributed by atoms with Crippen LogP contribution in [0.5, 0.6) is 0 Å². The molecule has 3 nitrogen and oxygen atoms in total. The van der Waals surface area contributed by atoms with Crippen LogP contribution < -0.4 is 9.80 Å². The molecule has 0 saturated heterocycles. The van der Waals surface area contributed by atoms with Gasteiger partial charge < -0.3 is 14.2 Å². The van der Waals surface area contributed by atoms with Crippen LogP contribution in [0.25, 0.3) is 32.7 Å². The van der Waals surface area contributed by atoms with Gasteiger partial charge in [-0.25, -0.2) is 8.78 Å². The van der Waals surface area contributed by atoms with Crippen molar-refractivity contribution in [2.45, 2.75) is 13.8 Å². The van der Waals surface area contributed by atoms with Gasteiger partial charge in [0.2, 0.25) is 0 Å². The highest BCUT2D eigenvalue weighted by Gasteiger charge is 2.29. The van der Waals surface area contributed by atoms with Crippen LogP contribution in [0.15, 0.2) is 150 Å². The molecule has 5 heteroatoms. The Labute approximate surface area is 271 Å². The van der Waals surface area contributed by atoms with Crippen LogP contribution >= 0.6 is 0 Å². The predicted octanol–water partition coefficient (Wildman–Crippen LogP) is 12.6. The zero-order valence-electron chi connectivity index (χ0n) is 25.9. The fourth-order valence-electron chi connectivity index (χ4n) is 6.44. The van der Waals surface area contributed by atoms with Crippen LogP contribution in [0.4, 0.5) is 42.9 Å². The minimum atomic E-state index is -0.306. The zero-order chi connectivity index (χ0) is 32.1. The summed E-state index contributed by atoms with van der Waals surface area (Å²) in [6.45, 7) is 4.12. The first-order valence-corrected chi connectivity index (χ1v) is 15.6. The number of para-hydroxylation sites is 1. The van der Waals surface area contributed by atoms with Crippen LogP contribution in [-0.2, 0) is 0 Å². The molecule has 1 aromatic heterocycles. The topological polar surface area (TPSA) is 19.6 Å². The van der Waals surface area contributed by atoms with Crippen molar-refractivity contribution in [3.05, 3.63) is 168 Å². The lowest BCUT2D eigenvalue weighted by Gasteiger charge is -2.31. The number of nitrogens with zero attached hydrogens (tertiary/aromatic N) is 2. The van der Waals surface area contributed by atoms with Crippen LogP contribution in [0.3, 0.4) is 0 Å². The van der Waals surface area contributed by atoms with Gasteiger partial charge in [0.15, 0.2) is 5.58 Å². The molecule has 228 valence electrons. The van der Waals surface area contributed by atoms with E-state index in [0.717, 1.165) is 72.4 Å². The van der Waals surface area contributed by atoms with Crippen molar-refractivity contribution < 1.29 is 13.2 Å². The van der Waals surface area contributed by atoms with Gasteiger partial charge >= 0.3 is 0 Å². The van der Waals surface area contributed by atoms with Gasteiger partial charge in [-0.05, 0) is 92.7 Å². The first kappa shape index (κ1) is 28.5. The SMILES string of the molecule is Cc1ccc(N(c2ccc(F)cc2)c2c3ccccc3c(N(c3ccc(C)cc3)c3ccc(F)cc3)c3c2oc2ccccc23)cc1. The van der Waals surface area contributed by atoms with Gasteiger partial charge in [-0.1, -0.05) is 77.9 Å². The summed E-state index contributed by atoms with van der Waals surface area (Å²) in [5, 5.41) is 3.79. The van der Waals surface area contributed by atoms with Gasteiger partial charge in [0.25, 0.3) is 0 Å². The Morgan fingerprint density at radius 1 is 0.426 bits per heavy atom. The van der Waals surface area contributed by atoms with E-state index in [4.69, 9.17) is 4.42 Å². The van der Waals surface area contributed by atoms with Gasteiger partial charge in [-0.15, -0.1) is 0 Å². The molecule has 0 amide bonds. The largest absolute Gasteiger partial charge is 0.454 e. The Balaban J connectivity index is 1.55. The highest BCUT2D eigenvalue weighted by Crippen LogP contribution is 2.53. The Morgan fingerprint density at radius 3 is 1.30 bits per heavy atom. The number of furan rings is 1. The van der Waals surface area contributed by atoms with Crippen LogP contribution in [-0.4, -0.2) is 0 Å². The molecule has 47 heavy (non-hydrogen) atoms. The molecule has 0 radical (unpaired) electrons. The van der Waals surface area contributed by atoms with Crippen LogP contribution in [0.1, 0.15) is 11.1 Å². The number of fused-ring (bicyclic) bond motifs is 4. The van der Waals surface area contributed by atoms with E-state index in [1.165, 1.54) is 24.3 Å². The molecule has 0 aliphatic rings. The second kappa shape index (κ2) is 11.5. The molecule has 0 aliphatic carbocycles. The maximum absolute atomic E-state index is 14.3. The lowest BCUT2D eigenvalue weighted by atomic mass is 9.97. The lowest BCUT2D eigenvalue weighted by Crippen LogP contribution is -2.14. The summed E-state index contributed by atoms with van der Waals surface area (Å²) in [5.41, 5.74) is 8.91. The van der Waals surface area contributed by atoms with Crippen molar-refractivity contribution in [3.63, 3.8) is 0 Å². The fourth-order valence-corrected chi connectivity index (χ4v) is 6.44. The van der Waals surface area contributed by atoms with Crippen molar-refractivity contribution >= 4 is 66.8 Å². The summed E-state index contributed by atoms with van der Waals surface area (Å²) < 4.78 is 35.5. The van der Waals surface area contributed by atoms with E-state index in [2.05, 4.69) is 90.4 Å². The summed E-state index contributed by atoms with van der Waals surface area (Å²) >= 11 is 0. The standard InChI is InChI=1S/C42H30F2N2O/c1-27-11-19-31(20-12-27)45(33-23-15-29(43)16-24-33)40-35-7-3-4-8-36(35)41(42-39(40)37-9-5-6-10-38(37)47-42)46(32-21-13-28(2)14-22-32)34-25-17-30(44)18-26-34/h3-26H,1-2H3. The normalized spacial score (nSPS) is 11.4. The summed E-state index contributed by atoms with van der Waals surface area (Å²) in [6.07, 6.45) is 0. The van der Waals surface area contributed by atoms with Crippen molar-refractivity contribution in [2.75, 3.05) is 9.80 Å². The Morgan fingerprint density at radius 2 is 0.809 bits per heavy atom. The van der Waals surface area contributed by atoms with E-state index >= 15 is 0 Å². The quantitative estimate of drug-likeness (QED) is 0.173. The molecule has 0 saturated carbocycles. The Hall–Kier alpha value is -5.94. The number of anilines is 6. The van der Waals surface area contributed by atoms with Gasteiger partial charge in [-0.3, -0.25) is 0 Å². The van der Waals surface area contributed by atoms with Gasteiger partial charge in [-0.2, -0.15) is 0 Å². The van der Waals surface area contributed by atoms with Gasteiger partial charge in [0.1, 0.15) is 17.2 Å². The zero-order valence-corrected chi connectivity index (χ0v) is 25.9. The minimum Gasteiger partial charge on any atom is -0.454 e. The van der Waals surface area contributed by atoms with Gasteiger partial charge in [0, 0.05) is 38.9 Å². The lowest BCUT2D eigenvalue weighted by molar-refractivity contribution is 0.627. The molecular formula is C42H30F2N2O. The molecule has 8 aromatic rings. The summed E-state index contributed by atoms with van der Waals surface area (Å²) in [6, 6.07) is 46.1. The molecular weight excluding hydrogens is 586 g/mol. The van der Waals surface area contributed by atoms with E-state index in [9.17, 15) is 8.78 Å². The van der Waals surface area contributed by atoms with Gasteiger partial charge in [0.05, 0.1) is 16.8 Å². The molecule has 0 unspecified atom stereocenters. The van der Waals surface area contributed by atoms with Crippen LogP contribution in [0.2, 0.25) is 0 Å². The summed E-state index contributed by atoms with van der Waals surface area (Å²) in [4.78, 5) is 4.33. The smallest absolute Gasteiger partial charge is 0.162 e. The monoisotopic (exact) mass is 616 g/mol. The molecule has 0 bridgehead atoms. The Bertz CT molecular complexity index is 2290. The number of hydrogen-bond donors (Lipinski definition) is 0. The number of benzene rings is 7. The first-order chi connectivity index (χ1) is 23.0. The number of rotatable bonds is 6. The fraction of sp³-hybridized carbons (Fsp3) is 0.0476. The third-order valence-electron chi connectivity index (χ3n) is 8.69. The third kappa shape index (κ3) is 4.97. The number of aryl methyl sites for hydroxylation is 2. The molecule has 7 aromatic carbocycles. The molecule has 0 fully saturated rings. The molecule has 0 atom stereocenters. The van der Waals surface area contributed by atoms with Crippen molar-refractivity contribution in [3.8, 4) is 0 Å². The Kier molecular flexibility index (Phi) is 6.95. The molecule has 1 heterocycles. The maximum atomic E-state index is 14.3. The van der Waals surface area contributed by atoms with Crippen LogP contribution in [0, 0.1) is 25.5 Å². The van der Waals surface area contributed by atoms with E-state index in [1.54, 1.807) is 12.1 Å². The third-order valence-corrected chi connectivity index (χ3v) is 8.69. The highest BCUT2D eigenvalue weighted by molar-refractivity contribution is 6.28. The second-order valence-electron chi connectivity index (χ2n) is 11.8. The second-order valence-corrected chi connectivity index (χ2v) is 11.8. The molecule has 8 rings (SSSR count). The van der Waals surface area contributed by atoms with E-state index in [0.29, 0.717) is 5.58 Å². The minimum absolute atomic E-state index is 0.301. The van der Waals surface area contributed by atoms with E-state index < -0.39 is 0 Å². The number of halogens is 2. The first-order valence-electron chi connectivity index (χ1n) is 15.6. The molecule has 0 N–H and O–H groups in total. The van der Waals surface area contributed by atoms with E-state index in [-0.39, 0.29) is 11.6 Å². The summed E-state index contributed by atoms with van der Waals surface area (Å²) in [5.74, 6) is -0.607. The average Bonchev–Trinajstić information content (AvgIpc) is 3.48. The molecule has 0 aliphatic heterocycles. The van der Waals surface area contributed by atoms with Crippen molar-refractivity contribution in [2.24, 2.45) is 0 Å². The maximum Gasteiger partial charge on any atom is 0.162 e. The van der Waals surface area contributed by atoms with Crippen molar-refractivity contribution in [1.29, 1.82) is 0 Å². The average molecular weight is 617 g/mol. The highest BCUT2D eigenvalue weighted by atomic mass is 19.1. The number of hydrogen-bond acceptors (Lipinski definition) is 3. The van der Waals surface area contributed by atoms with E-state index in [1.807, 2.05) is 42.5 Å². The predicted molar refractivity (Wildman–Crippen MR) is 190 cm³/mol. The summed E-state index contributed by atoms with van der Waals surface area (Å²) in [7, 11) is 0.